The highest BCUT2D eigenvalue weighted by Gasteiger charge is 2.12. The van der Waals surface area contributed by atoms with Crippen molar-refractivity contribution in [3.63, 3.8) is 0 Å². The van der Waals surface area contributed by atoms with E-state index in [2.05, 4.69) is 32.9 Å². The maximum atomic E-state index is 11.4. The minimum atomic E-state index is -1.05. The van der Waals surface area contributed by atoms with E-state index in [1.54, 1.807) is 18.2 Å². The molecule has 4 N–H and O–H groups in total. The van der Waals surface area contributed by atoms with Gasteiger partial charge in [-0.05, 0) is 50.1 Å². The van der Waals surface area contributed by atoms with Gasteiger partial charge in [0.15, 0.2) is 0 Å². The molecule has 0 amide bonds. The molecule has 1 heterocycles. The minimum absolute atomic E-state index is 0.0211. The van der Waals surface area contributed by atoms with E-state index in [4.69, 9.17) is 5.73 Å². The summed E-state index contributed by atoms with van der Waals surface area (Å²) in [6.45, 7) is 9.82. The standard InChI is InChI=1S/C21H21N5O2/c1-11-9-17-14(4)24-21(25-18(17)10-12(11)2)26-20(22)23-13(3)15-7-5-6-8-16(15)19(27)28/h5-10H,3H2,1-2,4H3,(H,27,28)(H3,22,23,24,25,26). The van der Waals surface area contributed by atoms with Crippen LogP contribution in [0.5, 0.6) is 0 Å². The first-order valence-electron chi connectivity index (χ1n) is 8.64. The molecule has 0 spiro atoms. The second kappa shape index (κ2) is 7.48. The predicted octanol–water partition coefficient (Wildman–Crippen LogP) is 3.46. The summed E-state index contributed by atoms with van der Waals surface area (Å²) in [6.07, 6.45) is 0. The number of guanidine groups is 1. The van der Waals surface area contributed by atoms with E-state index >= 15 is 0 Å². The number of nitrogens with one attached hydrogen (secondary N) is 1. The van der Waals surface area contributed by atoms with Crippen molar-refractivity contribution in [2.75, 3.05) is 0 Å². The van der Waals surface area contributed by atoms with Gasteiger partial charge >= 0.3 is 5.97 Å². The third-order valence-electron chi connectivity index (χ3n) is 4.47. The van der Waals surface area contributed by atoms with Gasteiger partial charge in [-0.2, -0.15) is 4.99 Å². The lowest BCUT2D eigenvalue weighted by molar-refractivity contribution is 0.0696. The number of aliphatic imine (C=N–C) groups is 1. The number of carboxylic acids is 1. The number of nitrogens with zero attached hydrogens (tertiary/aromatic N) is 3. The van der Waals surface area contributed by atoms with Crippen LogP contribution in [0.2, 0.25) is 0 Å². The first kappa shape index (κ1) is 19.0. The van der Waals surface area contributed by atoms with Gasteiger partial charge in [-0.25, -0.2) is 14.8 Å². The number of rotatable bonds is 4. The molecule has 3 aromatic rings. The third kappa shape index (κ3) is 3.83. The van der Waals surface area contributed by atoms with Crippen molar-refractivity contribution in [2.24, 2.45) is 10.7 Å². The lowest BCUT2D eigenvalue weighted by Crippen LogP contribution is -2.30. The number of carboxylic acid groups (broad SMARTS) is 1. The van der Waals surface area contributed by atoms with Crippen LogP contribution in [0.4, 0.5) is 5.95 Å². The number of aryl methyl sites for hydroxylation is 3. The molecule has 0 aliphatic rings. The molecule has 7 nitrogen and oxygen atoms in total. The van der Waals surface area contributed by atoms with E-state index in [-0.39, 0.29) is 17.5 Å². The molecule has 2 aromatic carbocycles. The first-order valence-corrected chi connectivity index (χ1v) is 8.64. The maximum Gasteiger partial charge on any atom is 0.336 e. The molecular weight excluding hydrogens is 354 g/mol. The highest BCUT2D eigenvalue weighted by molar-refractivity contribution is 5.97. The topological polar surface area (TPSA) is 113 Å². The van der Waals surface area contributed by atoms with Crippen molar-refractivity contribution in [1.29, 1.82) is 0 Å². The number of benzene rings is 2. The number of nitrogens with two attached hydrogens (primary N) is 1. The Morgan fingerprint density at radius 1 is 1.11 bits per heavy atom. The fourth-order valence-electron chi connectivity index (χ4n) is 2.87. The summed E-state index contributed by atoms with van der Waals surface area (Å²) in [5.74, 6) is -0.807. The summed E-state index contributed by atoms with van der Waals surface area (Å²) >= 11 is 0. The average Bonchev–Trinajstić information content (AvgIpc) is 2.63. The van der Waals surface area contributed by atoms with Gasteiger partial charge in [0.2, 0.25) is 5.96 Å². The van der Waals surface area contributed by atoms with E-state index in [1.807, 2.05) is 26.8 Å². The zero-order valence-corrected chi connectivity index (χ0v) is 15.9. The van der Waals surface area contributed by atoms with Crippen molar-refractivity contribution in [1.82, 2.24) is 15.3 Å². The van der Waals surface area contributed by atoms with E-state index in [0.717, 1.165) is 22.2 Å². The Morgan fingerprint density at radius 3 is 2.43 bits per heavy atom. The number of carbonyl (C=O) groups is 1. The molecule has 0 bridgehead atoms. The second-order valence-corrected chi connectivity index (χ2v) is 6.51. The Hall–Kier alpha value is -3.74. The molecule has 0 radical (unpaired) electrons. The molecular formula is C21H21N5O2. The summed E-state index contributed by atoms with van der Waals surface area (Å²) in [5.41, 5.74) is 10.7. The smallest absolute Gasteiger partial charge is 0.336 e. The van der Waals surface area contributed by atoms with Crippen LogP contribution in [-0.4, -0.2) is 27.0 Å². The molecule has 0 saturated carbocycles. The zero-order valence-electron chi connectivity index (χ0n) is 15.9. The lowest BCUT2D eigenvalue weighted by Gasteiger charge is -2.11. The van der Waals surface area contributed by atoms with Crippen LogP contribution in [0, 0.1) is 20.8 Å². The van der Waals surface area contributed by atoms with E-state index in [0.29, 0.717) is 11.3 Å². The van der Waals surface area contributed by atoms with Gasteiger partial charge in [0.1, 0.15) is 0 Å². The van der Waals surface area contributed by atoms with E-state index < -0.39 is 5.97 Å². The molecule has 0 atom stereocenters. The van der Waals surface area contributed by atoms with Gasteiger partial charge in [0.25, 0.3) is 5.95 Å². The molecule has 0 saturated heterocycles. The molecule has 0 unspecified atom stereocenters. The first-order chi connectivity index (χ1) is 13.3. The molecule has 142 valence electrons. The Balaban J connectivity index is 1.91. The van der Waals surface area contributed by atoms with Crippen molar-refractivity contribution >= 4 is 34.5 Å². The van der Waals surface area contributed by atoms with Crippen LogP contribution in [-0.2, 0) is 0 Å². The average molecular weight is 375 g/mol. The fraction of sp³-hybridized carbons (Fsp3) is 0.143. The number of aromatic nitrogens is 2. The molecule has 3 rings (SSSR count). The molecule has 0 aliphatic carbocycles. The van der Waals surface area contributed by atoms with Gasteiger partial charge in [0, 0.05) is 16.6 Å². The number of hydrogen-bond donors (Lipinski definition) is 3. The number of hydrogen-bond acceptors (Lipinski definition) is 4. The van der Waals surface area contributed by atoms with Gasteiger partial charge in [-0.3, -0.25) is 0 Å². The molecule has 7 heteroatoms. The normalized spacial score (nSPS) is 11.5. The van der Waals surface area contributed by atoms with Crippen molar-refractivity contribution in [2.45, 2.75) is 20.8 Å². The number of fused-ring (bicyclic) bond motifs is 1. The Labute approximate surface area is 162 Å². The second-order valence-electron chi connectivity index (χ2n) is 6.51. The Morgan fingerprint density at radius 2 is 1.75 bits per heavy atom. The maximum absolute atomic E-state index is 11.4. The predicted molar refractivity (Wildman–Crippen MR) is 111 cm³/mol. The van der Waals surface area contributed by atoms with Crippen LogP contribution in [0.25, 0.3) is 16.6 Å². The van der Waals surface area contributed by atoms with Gasteiger partial charge in [0.05, 0.1) is 16.8 Å². The van der Waals surface area contributed by atoms with Crippen LogP contribution < -0.4 is 11.1 Å². The SMILES string of the molecule is C=C(NC(N)=Nc1nc(C)c2cc(C)c(C)cc2n1)c1ccccc1C(=O)O. The summed E-state index contributed by atoms with van der Waals surface area (Å²) in [6, 6.07) is 10.6. The van der Waals surface area contributed by atoms with Gasteiger partial charge in [-0.1, -0.05) is 24.8 Å². The molecule has 28 heavy (non-hydrogen) atoms. The van der Waals surface area contributed by atoms with E-state index in [9.17, 15) is 9.90 Å². The van der Waals surface area contributed by atoms with Crippen molar-refractivity contribution in [3.05, 3.63) is 70.9 Å². The molecule has 1 aromatic heterocycles. The van der Waals surface area contributed by atoms with Crippen LogP contribution in [0.15, 0.2) is 48.0 Å². The summed E-state index contributed by atoms with van der Waals surface area (Å²) in [4.78, 5) is 24.4. The highest BCUT2D eigenvalue weighted by Crippen LogP contribution is 2.22. The van der Waals surface area contributed by atoms with Gasteiger partial charge < -0.3 is 16.2 Å². The lowest BCUT2D eigenvalue weighted by atomic mass is 10.1. The highest BCUT2D eigenvalue weighted by atomic mass is 16.4. The number of aromatic carboxylic acids is 1. The van der Waals surface area contributed by atoms with Crippen molar-refractivity contribution in [3.8, 4) is 0 Å². The quantitative estimate of drug-likeness (QED) is 0.475. The Bertz CT molecular complexity index is 1140. The van der Waals surface area contributed by atoms with E-state index in [1.165, 1.54) is 11.6 Å². The largest absolute Gasteiger partial charge is 0.478 e. The summed E-state index contributed by atoms with van der Waals surface area (Å²) in [5, 5.41) is 13.1. The molecule has 0 aliphatic heterocycles. The van der Waals surface area contributed by atoms with Crippen LogP contribution >= 0.6 is 0 Å². The van der Waals surface area contributed by atoms with Crippen molar-refractivity contribution < 1.29 is 9.90 Å². The summed E-state index contributed by atoms with van der Waals surface area (Å²) in [7, 11) is 0. The molecule has 0 fully saturated rings. The zero-order chi connectivity index (χ0) is 20.4. The Kier molecular flexibility index (Phi) is 5.08. The van der Waals surface area contributed by atoms with Crippen LogP contribution in [0.1, 0.15) is 32.7 Å². The fourth-order valence-corrected chi connectivity index (χ4v) is 2.87. The monoisotopic (exact) mass is 375 g/mol. The third-order valence-corrected chi connectivity index (χ3v) is 4.47. The summed E-state index contributed by atoms with van der Waals surface area (Å²) < 4.78 is 0. The van der Waals surface area contributed by atoms with Gasteiger partial charge in [-0.15, -0.1) is 0 Å². The van der Waals surface area contributed by atoms with Crippen LogP contribution in [0.3, 0.4) is 0 Å². The minimum Gasteiger partial charge on any atom is -0.478 e.